The summed E-state index contributed by atoms with van der Waals surface area (Å²) in [5.41, 5.74) is 3.96. The van der Waals surface area contributed by atoms with Gasteiger partial charge in [-0.1, -0.05) is 6.07 Å². The van der Waals surface area contributed by atoms with E-state index in [1.54, 1.807) is 6.20 Å². The molecule has 2 heterocycles. The predicted molar refractivity (Wildman–Crippen MR) is 102 cm³/mol. The third-order valence-electron chi connectivity index (χ3n) is 3.67. The standard InChI is InChI=1S/C19H22N6/c1-14-12-18(21-13-16-6-4-5-11-20-16)24-19(22-14)23-15-7-9-17(10-8-15)25(2)3/h4-12H,13H2,1-3H3,(H2,21,22,23,24). The molecule has 0 radical (unpaired) electrons. The van der Waals surface area contributed by atoms with Crippen LogP contribution in [0.25, 0.3) is 0 Å². The van der Waals surface area contributed by atoms with Crippen molar-refractivity contribution in [1.29, 1.82) is 0 Å². The number of anilines is 4. The monoisotopic (exact) mass is 334 g/mol. The van der Waals surface area contributed by atoms with E-state index in [0.29, 0.717) is 12.5 Å². The number of pyridine rings is 1. The summed E-state index contributed by atoms with van der Waals surface area (Å²) < 4.78 is 0. The summed E-state index contributed by atoms with van der Waals surface area (Å²) in [5.74, 6) is 1.34. The Kier molecular flexibility index (Phi) is 5.09. The number of aromatic nitrogens is 3. The molecule has 0 aliphatic carbocycles. The Hall–Kier alpha value is -3.15. The fourth-order valence-electron chi connectivity index (χ4n) is 2.37. The van der Waals surface area contributed by atoms with Crippen molar-refractivity contribution in [2.24, 2.45) is 0 Å². The van der Waals surface area contributed by atoms with Gasteiger partial charge < -0.3 is 15.5 Å². The second-order valence-corrected chi connectivity index (χ2v) is 5.96. The predicted octanol–water partition coefficient (Wildman–Crippen LogP) is 3.60. The molecule has 0 amide bonds. The van der Waals surface area contributed by atoms with Gasteiger partial charge in [-0.2, -0.15) is 4.98 Å². The van der Waals surface area contributed by atoms with E-state index < -0.39 is 0 Å². The van der Waals surface area contributed by atoms with Crippen molar-refractivity contribution in [3.05, 3.63) is 66.1 Å². The average Bonchev–Trinajstić information content (AvgIpc) is 2.61. The molecule has 0 saturated carbocycles. The average molecular weight is 334 g/mol. The number of nitrogens with zero attached hydrogens (tertiary/aromatic N) is 4. The number of aryl methyl sites for hydroxylation is 1. The van der Waals surface area contributed by atoms with Gasteiger partial charge in [-0.05, 0) is 43.3 Å². The molecule has 0 unspecified atom stereocenters. The van der Waals surface area contributed by atoms with E-state index in [1.807, 2.05) is 57.4 Å². The lowest BCUT2D eigenvalue weighted by atomic mass is 10.2. The van der Waals surface area contributed by atoms with Gasteiger partial charge in [0.2, 0.25) is 5.95 Å². The van der Waals surface area contributed by atoms with Crippen molar-refractivity contribution in [2.45, 2.75) is 13.5 Å². The highest BCUT2D eigenvalue weighted by molar-refractivity contribution is 5.59. The Labute approximate surface area is 148 Å². The molecule has 0 spiro atoms. The highest BCUT2D eigenvalue weighted by atomic mass is 15.1. The molecule has 2 N–H and O–H groups in total. The van der Waals surface area contributed by atoms with Crippen molar-refractivity contribution in [3.63, 3.8) is 0 Å². The molecule has 2 aromatic heterocycles. The lowest BCUT2D eigenvalue weighted by molar-refractivity contribution is 1.01. The third-order valence-corrected chi connectivity index (χ3v) is 3.67. The Balaban J connectivity index is 1.70. The van der Waals surface area contributed by atoms with Crippen LogP contribution in [0.5, 0.6) is 0 Å². The largest absolute Gasteiger partial charge is 0.378 e. The van der Waals surface area contributed by atoms with Gasteiger partial charge in [-0.25, -0.2) is 4.98 Å². The Morgan fingerprint density at radius 2 is 1.80 bits per heavy atom. The van der Waals surface area contributed by atoms with Gasteiger partial charge >= 0.3 is 0 Å². The van der Waals surface area contributed by atoms with Crippen molar-refractivity contribution in [1.82, 2.24) is 15.0 Å². The second-order valence-electron chi connectivity index (χ2n) is 5.96. The summed E-state index contributed by atoms with van der Waals surface area (Å²) in [7, 11) is 4.04. The number of hydrogen-bond acceptors (Lipinski definition) is 6. The summed E-state index contributed by atoms with van der Waals surface area (Å²) >= 11 is 0. The first-order chi connectivity index (χ1) is 12.1. The zero-order valence-corrected chi connectivity index (χ0v) is 14.7. The van der Waals surface area contributed by atoms with E-state index in [2.05, 4.69) is 42.6 Å². The van der Waals surface area contributed by atoms with Gasteiger partial charge in [-0.15, -0.1) is 0 Å². The van der Waals surface area contributed by atoms with Gasteiger partial charge in [0.05, 0.1) is 12.2 Å². The van der Waals surface area contributed by atoms with Crippen LogP contribution in [0.4, 0.5) is 23.1 Å². The molecule has 3 rings (SSSR count). The molecule has 0 saturated heterocycles. The van der Waals surface area contributed by atoms with Crippen LogP contribution in [0.1, 0.15) is 11.4 Å². The minimum Gasteiger partial charge on any atom is -0.378 e. The minimum absolute atomic E-state index is 0.570. The molecule has 128 valence electrons. The van der Waals surface area contributed by atoms with Crippen LogP contribution < -0.4 is 15.5 Å². The van der Waals surface area contributed by atoms with E-state index in [9.17, 15) is 0 Å². The zero-order chi connectivity index (χ0) is 17.6. The summed E-state index contributed by atoms with van der Waals surface area (Å²) in [6, 6.07) is 15.9. The summed E-state index contributed by atoms with van der Waals surface area (Å²) in [4.78, 5) is 15.3. The SMILES string of the molecule is Cc1cc(NCc2ccccn2)nc(Nc2ccc(N(C)C)cc2)n1. The maximum atomic E-state index is 4.53. The fraction of sp³-hybridized carbons (Fsp3) is 0.211. The number of nitrogens with one attached hydrogen (secondary N) is 2. The topological polar surface area (TPSA) is 66.0 Å². The summed E-state index contributed by atoms with van der Waals surface area (Å²) in [6.45, 7) is 2.57. The Morgan fingerprint density at radius 3 is 2.48 bits per heavy atom. The number of benzene rings is 1. The molecule has 1 aromatic carbocycles. The molecule has 0 fully saturated rings. The first-order valence-electron chi connectivity index (χ1n) is 8.14. The third kappa shape index (κ3) is 4.67. The molecule has 25 heavy (non-hydrogen) atoms. The van der Waals surface area contributed by atoms with Gasteiger partial charge in [0, 0.05) is 43.4 Å². The van der Waals surface area contributed by atoms with Gasteiger partial charge in [-0.3, -0.25) is 4.98 Å². The van der Waals surface area contributed by atoms with Crippen LogP contribution in [-0.4, -0.2) is 29.0 Å². The first kappa shape index (κ1) is 16.7. The van der Waals surface area contributed by atoms with E-state index in [0.717, 1.165) is 28.6 Å². The second kappa shape index (κ2) is 7.61. The molecular formula is C19H22N6. The van der Waals surface area contributed by atoms with E-state index in [4.69, 9.17) is 0 Å². The molecule has 6 heteroatoms. The highest BCUT2D eigenvalue weighted by Crippen LogP contribution is 2.19. The lowest BCUT2D eigenvalue weighted by Gasteiger charge is -2.13. The highest BCUT2D eigenvalue weighted by Gasteiger charge is 2.04. The molecule has 0 aliphatic heterocycles. The zero-order valence-electron chi connectivity index (χ0n) is 14.7. The van der Waals surface area contributed by atoms with Crippen LogP contribution in [0.15, 0.2) is 54.7 Å². The van der Waals surface area contributed by atoms with Crippen molar-refractivity contribution in [2.75, 3.05) is 29.6 Å². The molecular weight excluding hydrogens is 312 g/mol. The molecule has 0 bridgehead atoms. The Morgan fingerprint density at radius 1 is 1.00 bits per heavy atom. The first-order valence-corrected chi connectivity index (χ1v) is 8.14. The summed E-state index contributed by atoms with van der Waals surface area (Å²) in [6.07, 6.45) is 1.78. The van der Waals surface area contributed by atoms with Crippen LogP contribution in [0.2, 0.25) is 0 Å². The molecule has 6 nitrogen and oxygen atoms in total. The van der Waals surface area contributed by atoms with Crippen LogP contribution in [0, 0.1) is 6.92 Å². The quantitative estimate of drug-likeness (QED) is 0.718. The van der Waals surface area contributed by atoms with Crippen LogP contribution in [0.3, 0.4) is 0 Å². The normalized spacial score (nSPS) is 10.4. The van der Waals surface area contributed by atoms with Crippen molar-refractivity contribution < 1.29 is 0 Å². The van der Waals surface area contributed by atoms with E-state index in [-0.39, 0.29) is 0 Å². The van der Waals surface area contributed by atoms with E-state index >= 15 is 0 Å². The van der Waals surface area contributed by atoms with Crippen LogP contribution in [-0.2, 0) is 6.54 Å². The van der Waals surface area contributed by atoms with Gasteiger partial charge in [0.25, 0.3) is 0 Å². The summed E-state index contributed by atoms with van der Waals surface area (Å²) in [5, 5.41) is 6.54. The number of hydrogen-bond donors (Lipinski definition) is 2. The molecule has 3 aromatic rings. The van der Waals surface area contributed by atoms with Crippen molar-refractivity contribution in [3.8, 4) is 0 Å². The van der Waals surface area contributed by atoms with Crippen molar-refractivity contribution >= 4 is 23.1 Å². The maximum absolute atomic E-state index is 4.53. The Bertz CT molecular complexity index is 815. The van der Waals surface area contributed by atoms with Gasteiger partial charge in [0.15, 0.2) is 0 Å². The van der Waals surface area contributed by atoms with Gasteiger partial charge in [0.1, 0.15) is 5.82 Å². The smallest absolute Gasteiger partial charge is 0.229 e. The molecule has 0 atom stereocenters. The van der Waals surface area contributed by atoms with Crippen LogP contribution >= 0.6 is 0 Å². The minimum atomic E-state index is 0.570. The lowest BCUT2D eigenvalue weighted by Crippen LogP contribution is -2.08. The van der Waals surface area contributed by atoms with E-state index in [1.165, 1.54) is 0 Å². The number of rotatable bonds is 6. The fourth-order valence-corrected chi connectivity index (χ4v) is 2.37. The molecule has 0 aliphatic rings. The maximum Gasteiger partial charge on any atom is 0.229 e.